The second-order valence-corrected chi connectivity index (χ2v) is 6.73. The van der Waals surface area contributed by atoms with Gasteiger partial charge in [-0.25, -0.2) is 4.79 Å². The molecule has 2 fully saturated rings. The maximum atomic E-state index is 12.3. The third kappa shape index (κ3) is 4.08. The summed E-state index contributed by atoms with van der Waals surface area (Å²) in [5, 5.41) is 6.20. The fourth-order valence-electron chi connectivity index (χ4n) is 3.45. The number of hydrogen-bond acceptors (Lipinski definition) is 2. The van der Waals surface area contributed by atoms with Gasteiger partial charge in [-0.2, -0.15) is 0 Å². The number of urea groups is 1. The molecule has 2 rings (SSSR count). The maximum Gasteiger partial charge on any atom is 0.315 e. The fourth-order valence-corrected chi connectivity index (χ4v) is 3.71. The van der Waals surface area contributed by atoms with Crippen molar-refractivity contribution in [3.63, 3.8) is 0 Å². The molecule has 0 atom stereocenters. The highest BCUT2D eigenvalue weighted by Crippen LogP contribution is 2.27. The van der Waals surface area contributed by atoms with Gasteiger partial charge in [0.25, 0.3) is 0 Å². The SMILES string of the molecule is NC(=S)C1(NC(=O)NC2CCCCC2)CCCCCC1. The van der Waals surface area contributed by atoms with E-state index in [0.717, 1.165) is 38.5 Å². The Hall–Kier alpha value is -0.840. The summed E-state index contributed by atoms with van der Waals surface area (Å²) in [6, 6.07) is 0.226. The lowest BCUT2D eigenvalue weighted by Gasteiger charge is -2.34. The van der Waals surface area contributed by atoms with Gasteiger partial charge in [-0.1, -0.05) is 57.2 Å². The number of amides is 2. The zero-order chi connectivity index (χ0) is 14.4. The third-order valence-corrected chi connectivity index (χ3v) is 5.11. The molecule has 2 amide bonds. The van der Waals surface area contributed by atoms with Crippen LogP contribution in [0.1, 0.15) is 70.6 Å². The van der Waals surface area contributed by atoms with E-state index in [1.807, 2.05) is 0 Å². The largest absolute Gasteiger partial charge is 0.391 e. The van der Waals surface area contributed by atoms with E-state index in [-0.39, 0.29) is 6.03 Å². The average Bonchev–Trinajstić information content (AvgIpc) is 2.66. The number of carbonyl (C=O) groups is 1. The number of hydrogen-bond donors (Lipinski definition) is 3. The fraction of sp³-hybridized carbons (Fsp3) is 0.867. The van der Waals surface area contributed by atoms with Gasteiger partial charge in [0.2, 0.25) is 0 Å². The Bertz CT molecular complexity index is 345. The molecule has 2 aliphatic carbocycles. The zero-order valence-electron chi connectivity index (χ0n) is 12.2. The molecule has 0 aromatic heterocycles. The molecule has 0 saturated heterocycles. The van der Waals surface area contributed by atoms with Crippen LogP contribution in [-0.4, -0.2) is 22.6 Å². The summed E-state index contributed by atoms with van der Waals surface area (Å²) < 4.78 is 0. The van der Waals surface area contributed by atoms with Crippen LogP contribution < -0.4 is 16.4 Å². The van der Waals surface area contributed by atoms with Gasteiger partial charge in [0.1, 0.15) is 0 Å². The topological polar surface area (TPSA) is 67.1 Å². The van der Waals surface area contributed by atoms with Gasteiger partial charge in [0, 0.05) is 6.04 Å². The highest BCUT2D eigenvalue weighted by molar-refractivity contribution is 7.80. The first-order valence-corrected chi connectivity index (χ1v) is 8.42. The van der Waals surface area contributed by atoms with Crippen LogP contribution in [0.3, 0.4) is 0 Å². The first kappa shape index (κ1) is 15.5. The summed E-state index contributed by atoms with van der Waals surface area (Å²) in [7, 11) is 0. The van der Waals surface area contributed by atoms with Crippen molar-refractivity contribution in [1.82, 2.24) is 10.6 Å². The third-order valence-electron chi connectivity index (χ3n) is 4.72. The molecule has 2 saturated carbocycles. The van der Waals surface area contributed by atoms with E-state index in [2.05, 4.69) is 10.6 Å². The predicted molar refractivity (Wildman–Crippen MR) is 85.8 cm³/mol. The van der Waals surface area contributed by atoms with Crippen LogP contribution in [0.4, 0.5) is 4.79 Å². The Morgan fingerprint density at radius 2 is 1.55 bits per heavy atom. The van der Waals surface area contributed by atoms with Gasteiger partial charge in [0.15, 0.2) is 0 Å². The van der Waals surface area contributed by atoms with Gasteiger partial charge in [-0.3, -0.25) is 0 Å². The highest BCUT2D eigenvalue weighted by Gasteiger charge is 2.35. The highest BCUT2D eigenvalue weighted by atomic mass is 32.1. The summed E-state index contributed by atoms with van der Waals surface area (Å²) in [6.07, 6.45) is 12.2. The lowest BCUT2D eigenvalue weighted by atomic mass is 9.90. The normalized spacial score (nSPS) is 23.6. The Balaban J connectivity index is 1.92. The molecule has 0 radical (unpaired) electrons. The minimum atomic E-state index is -0.468. The van der Waals surface area contributed by atoms with Gasteiger partial charge in [-0.15, -0.1) is 0 Å². The van der Waals surface area contributed by atoms with E-state index in [9.17, 15) is 4.79 Å². The molecular weight excluding hydrogens is 270 g/mol. The first-order valence-electron chi connectivity index (χ1n) is 8.01. The van der Waals surface area contributed by atoms with Crippen LogP contribution in [-0.2, 0) is 0 Å². The van der Waals surface area contributed by atoms with Crippen molar-refractivity contribution in [3.05, 3.63) is 0 Å². The van der Waals surface area contributed by atoms with E-state index in [1.165, 1.54) is 32.1 Å². The second-order valence-electron chi connectivity index (χ2n) is 6.29. The number of rotatable bonds is 3. The molecule has 0 heterocycles. The smallest absolute Gasteiger partial charge is 0.315 e. The number of thiocarbonyl (C=S) groups is 1. The number of nitrogens with two attached hydrogens (primary N) is 1. The lowest BCUT2D eigenvalue weighted by molar-refractivity contribution is 0.222. The predicted octanol–water partition coefficient (Wildman–Crippen LogP) is 3.00. The first-order chi connectivity index (χ1) is 9.62. The molecule has 0 unspecified atom stereocenters. The summed E-state index contributed by atoms with van der Waals surface area (Å²) >= 11 is 5.25. The summed E-state index contributed by atoms with van der Waals surface area (Å²) in [4.78, 5) is 12.7. The Labute approximate surface area is 127 Å². The van der Waals surface area contributed by atoms with E-state index in [4.69, 9.17) is 18.0 Å². The molecule has 0 aromatic carbocycles. The molecule has 5 heteroatoms. The van der Waals surface area contributed by atoms with Crippen molar-refractivity contribution in [2.45, 2.75) is 82.2 Å². The van der Waals surface area contributed by atoms with E-state index < -0.39 is 5.54 Å². The van der Waals surface area contributed by atoms with Crippen LogP contribution in [0, 0.1) is 0 Å². The van der Waals surface area contributed by atoms with Gasteiger partial charge < -0.3 is 16.4 Å². The average molecular weight is 297 g/mol. The molecule has 0 aromatic rings. The van der Waals surface area contributed by atoms with Crippen molar-refractivity contribution in [3.8, 4) is 0 Å². The summed E-state index contributed by atoms with van der Waals surface area (Å²) in [5.74, 6) is 0. The van der Waals surface area contributed by atoms with Gasteiger partial charge in [0.05, 0.1) is 10.5 Å². The van der Waals surface area contributed by atoms with E-state index >= 15 is 0 Å². The minimum Gasteiger partial charge on any atom is -0.391 e. The second kappa shape index (κ2) is 7.25. The van der Waals surface area contributed by atoms with Gasteiger partial charge in [-0.05, 0) is 25.7 Å². The van der Waals surface area contributed by atoms with Crippen LogP contribution >= 0.6 is 12.2 Å². The molecule has 0 spiro atoms. The van der Waals surface area contributed by atoms with Crippen molar-refractivity contribution < 1.29 is 4.79 Å². The van der Waals surface area contributed by atoms with Crippen LogP contribution in [0.5, 0.6) is 0 Å². The summed E-state index contributed by atoms with van der Waals surface area (Å²) in [6.45, 7) is 0. The van der Waals surface area contributed by atoms with Crippen LogP contribution in [0.25, 0.3) is 0 Å². The molecule has 4 N–H and O–H groups in total. The van der Waals surface area contributed by atoms with Crippen molar-refractivity contribution in [2.24, 2.45) is 5.73 Å². The van der Waals surface area contributed by atoms with Crippen LogP contribution in [0.2, 0.25) is 0 Å². The van der Waals surface area contributed by atoms with Crippen molar-refractivity contribution in [1.29, 1.82) is 0 Å². The molecule has 2 aliphatic rings. The Morgan fingerprint density at radius 1 is 1.00 bits per heavy atom. The van der Waals surface area contributed by atoms with Crippen molar-refractivity contribution in [2.75, 3.05) is 0 Å². The molecular formula is C15H27N3OS. The van der Waals surface area contributed by atoms with Gasteiger partial charge >= 0.3 is 6.03 Å². The molecule has 20 heavy (non-hydrogen) atoms. The quantitative estimate of drug-likeness (QED) is 0.554. The standard InChI is InChI=1S/C15H27N3OS/c16-13(20)15(10-6-1-2-7-11-15)18-14(19)17-12-8-4-3-5-9-12/h12H,1-11H2,(H2,16,20)(H2,17,18,19). The minimum absolute atomic E-state index is 0.0911. The Morgan fingerprint density at radius 3 is 2.10 bits per heavy atom. The maximum absolute atomic E-state index is 12.3. The Kier molecular flexibility index (Phi) is 5.64. The van der Waals surface area contributed by atoms with Crippen LogP contribution in [0.15, 0.2) is 0 Å². The van der Waals surface area contributed by atoms with E-state index in [1.54, 1.807) is 0 Å². The number of nitrogens with one attached hydrogen (secondary N) is 2. The zero-order valence-corrected chi connectivity index (χ0v) is 13.1. The lowest BCUT2D eigenvalue weighted by Crippen LogP contribution is -2.59. The molecule has 114 valence electrons. The number of carbonyl (C=O) groups excluding carboxylic acids is 1. The van der Waals surface area contributed by atoms with Crippen molar-refractivity contribution >= 4 is 23.2 Å². The van der Waals surface area contributed by atoms with E-state index in [0.29, 0.717) is 11.0 Å². The molecule has 0 aliphatic heterocycles. The summed E-state index contributed by atoms with van der Waals surface area (Å²) in [5.41, 5.74) is 5.47. The molecule has 4 nitrogen and oxygen atoms in total. The monoisotopic (exact) mass is 297 g/mol. The molecule has 0 bridgehead atoms.